The summed E-state index contributed by atoms with van der Waals surface area (Å²) in [6, 6.07) is 14.1. The van der Waals surface area contributed by atoms with Crippen LogP contribution in [0.15, 0.2) is 48.5 Å². The van der Waals surface area contributed by atoms with Gasteiger partial charge in [0, 0.05) is 18.1 Å². The van der Waals surface area contributed by atoms with Crippen molar-refractivity contribution in [1.29, 1.82) is 0 Å². The molecule has 2 amide bonds. The van der Waals surface area contributed by atoms with Crippen molar-refractivity contribution < 1.29 is 14.3 Å². The third-order valence-corrected chi connectivity index (χ3v) is 4.99. The smallest absolute Gasteiger partial charge is 0.261 e. The molecule has 2 rings (SSSR count). The number of unbranched alkanes of at least 4 members (excludes halogenated alkanes) is 1. The van der Waals surface area contributed by atoms with Crippen LogP contribution in [0.4, 0.5) is 0 Å². The SMILES string of the molecule is CCCCNC(=O)[C@H](C)N(Cc1ccccc1C)C(=O)COc1cccc(Cl)c1. The van der Waals surface area contributed by atoms with E-state index >= 15 is 0 Å². The Balaban J connectivity index is 2.12. The monoisotopic (exact) mass is 416 g/mol. The molecule has 0 saturated carbocycles. The van der Waals surface area contributed by atoms with Gasteiger partial charge in [-0.1, -0.05) is 55.3 Å². The van der Waals surface area contributed by atoms with Crippen LogP contribution in [0.2, 0.25) is 5.02 Å². The van der Waals surface area contributed by atoms with Gasteiger partial charge in [-0.05, 0) is 49.6 Å². The standard InChI is InChI=1S/C23H29ClN2O3/c1-4-5-13-25-23(28)18(3)26(15-19-10-7-6-9-17(19)2)22(27)16-29-21-12-8-11-20(24)14-21/h6-12,14,18H,4-5,13,15-16H2,1-3H3,(H,25,28)/t18-/m0/s1. The van der Waals surface area contributed by atoms with Gasteiger partial charge in [0.05, 0.1) is 0 Å². The quantitative estimate of drug-likeness (QED) is 0.585. The van der Waals surface area contributed by atoms with Crippen molar-refractivity contribution in [3.05, 3.63) is 64.7 Å². The van der Waals surface area contributed by atoms with Crippen LogP contribution in [0.3, 0.4) is 0 Å². The first kappa shape index (κ1) is 22.8. The van der Waals surface area contributed by atoms with E-state index < -0.39 is 6.04 Å². The molecule has 2 aromatic carbocycles. The molecule has 2 aromatic rings. The van der Waals surface area contributed by atoms with Crippen LogP contribution in [0.25, 0.3) is 0 Å². The molecule has 0 radical (unpaired) electrons. The lowest BCUT2D eigenvalue weighted by Gasteiger charge is -2.29. The predicted octanol–water partition coefficient (Wildman–Crippen LogP) is 4.36. The van der Waals surface area contributed by atoms with Crippen LogP contribution in [-0.4, -0.2) is 35.9 Å². The second kappa shape index (κ2) is 11.5. The number of nitrogens with one attached hydrogen (secondary N) is 1. The minimum Gasteiger partial charge on any atom is -0.484 e. The molecule has 0 spiro atoms. The highest BCUT2D eigenvalue weighted by atomic mass is 35.5. The molecule has 0 fully saturated rings. The fourth-order valence-electron chi connectivity index (χ4n) is 2.87. The fraction of sp³-hybridized carbons (Fsp3) is 0.391. The summed E-state index contributed by atoms with van der Waals surface area (Å²) in [6.07, 6.45) is 1.90. The van der Waals surface area contributed by atoms with Crippen LogP contribution in [-0.2, 0) is 16.1 Å². The maximum Gasteiger partial charge on any atom is 0.261 e. The summed E-state index contributed by atoms with van der Waals surface area (Å²) in [4.78, 5) is 27.1. The van der Waals surface area contributed by atoms with E-state index in [1.807, 2.05) is 31.2 Å². The average molecular weight is 417 g/mol. The number of hydrogen-bond acceptors (Lipinski definition) is 3. The first-order valence-corrected chi connectivity index (χ1v) is 10.3. The lowest BCUT2D eigenvalue weighted by molar-refractivity contribution is -0.142. The zero-order valence-electron chi connectivity index (χ0n) is 17.3. The Bertz CT molecular complexity index is 825. The molecule has 0 saturated heterocycles. The van der Waals surface area contributed by atoms with Gasteiger partial charge in [0.2, 0.25) is 5.91 Å². The Kier molecular flexibility index (Phi) is 9.00. The molecule has 0 bridgehead atoms. The first-order chi connectivity index (χ1) is 13.9. The molecule has 0 aliphatic rings. The highest BCUT2D eigenvalue weighted by Crippen LogP contribution is 2.18. The fourth-order valence-corrected chi connectivity index (χ4v) is 3.05. The van der Waals surface area contributed by atoms with Gasteiger partial charge < -0.3 is 15.0 Å². The molecule has 156 valence electrons. The minimum atomic E-state index is -0.609. The Morgan fingerprint density at radius 3 is 2.62 bits per heavy atom. The average Bonchev–Trinajstić information content (AvgIpc) is 2.71. The molecule has 0 aliphatic carbocycles. The molecule has 0 aliphatic heterocycles. The summed E-state index contributed by atoms with van der Waals surface area (Å²) >= 11 is 5.97. The molecule has 6 heteroatoms. The van der Waals surface area contributed by atoms with Gasteiger partial charge in [0.25, 0.3) is 5.91 Å². The van der Waals surface area contributed by atoms with Gasteiger partial charge in [0.1, 0.15) is 11.8 Å². The van der Waals surface area contributed by atoms with E-state index in [1.54, 1.807) is 36.1 Å². The molecule has 1 N–H and O–H groups in total. The number of amides is 2. The lowest BCUT2D eigenvalue weighted by Crippen LogP contribution is -2.49. The Labute approximate surface area is 178 Å². The number of nitrogens with zero attached hydrogens (tertiary/aromatic N) is 1. The number of carbonyl (C=O) groups is 2. The first-order valence-electron chi connectivity index (χ1n) is 9.92. The van der Waals surface area contributed by atoms with Gasteiger partial charge in [-0.2, -0.15) is 0 Å². The number of ether oxygens (including phenoxy) is 1. The largest absolute Gasteiger partial charge is 0.484 e. The number of aryl methyl sites for hydroxylation is 1. The van der Waals surface area contributed by atoms with E-state index in [-0.39, 0.29) is 18.4 Å². The zero-order valence-corrected chi connectivity index (χ0v) is 18.0. The zero-order chi connectivity index (χ0) is 21.2. The summed E-state index contributed by atoms with van der Waals surface area (Å²) in [5, 5.41) is 3.45. The van der Waals surface area contributed by atoms with Gasteiger partial charge in [-0.15, -0.1) is 0 Å². The van der Waals surface area contributed by atoms with Crippen molar-refractivity contribution in [1.82, 2.24) is 10.2 Å². The second-order valence-electron chi connectivity index (χ2n) is 7.01. The number of rotatable bonds is 10. The highest BCUT2D eigenvalue weighted by molar-refractivity contribution is 6.30. The summed E-state index contributed by atoms with van der Waals surface area (Å²) < 4.78 is 5.62. The maximum atomic E-state index is 13.0. The van der Waals surface area contributed by atoms with Gasteiger partial charge >= 0.3 is 0 Å². The second-order valence-corrected chi connectivity index (χ2v) is 7.45. The van der Waals surface area contributed by atoms with Crippen LogP contribution in [0.1, 0.15) is 37.8 Å². The third kappa shape index (κ3) is 7.09. The molecule has 0 aromatic heterocycles. The lowest BCUT2D eigenvalue weighted by atomic mass is 10.1. The van der Waals surface area contributed by atoms with Gasteiger partial charge in [-0.25, -0.2) is 0 Å². The van der Waals surface area contributed by atoms with Crippen LogP contribution >= 0.6 is 11.6 Å². The molecular formula is C23H29ClN2O3. The van der Waals surface area contributed by atoms with Crippen LogP contribution < -0.4 is 10.1 Å². The van der Waals surface area contributed by atoms with Crippen molar-refractivity contribution in [2.75, 3.05) is 13.2 Å². The minimum absolute atomic E-state index is 0.164. The molecule has 0 unspecified atom stereocenters. The Hall–Kier alpha value is -2.53. The summed E-state index contributed by atoms with van der Waals surface area (Å²) in [6.45, 7) is 6.58. The molecule has 5 nitrogen and oxygen atoms in total. The van der Waals surface area contributed by atoms with Crippen LogP contribution in [0.5, 0.6) is 5.75 Å². The van der Waals surface area contributed by atoms with E-state index in [9.17, 15) is 9.59 Å². The number of carbonyl (C=O) groups excluding carboxylic acids is 2. The predicted molar refractivity (Wildman–Crippen MR) is 116 cm³/mol. The number of halogens is 1. The summed E-state index contributed by atoms with van der Waals surface area (Å²) in [7, 11) is 0. The van der Waals surface area contributed by atoms with E-state index in [1.165, 1.54) is 0 Å². The van der Waals surface area contributed by atoms with E-state index in [4.69, 9.17) is 16.3 Å². The van der Waals surface area contributed by atoms with Crippen molar-refractivity contribution in [2.45, 2.75) is 46.2 Å². The van der Waals surface area contributed by atoms with Gasteiger partial charge in [-0.3, -0.25) is 9.59 Å². The Morgan fingerprint density at radius 1 is 1.17 bits per heavy atom. The third-order valence-electron chi connectivity index (χ3n) is 4.76. The summed E-state index contributed by atoms with van der Waals surface area (Å²) in [5.41, 5.74) is 2.07. The van der Waals surface area contributed by atoms with E-state index in [2.05, 4.69) is 12.2 Å². The number of hydrogen-bond donors (Lipinski definition) is 1. The molecular weight excluding hydrogens is 388 g/mol. The van der Waals surface area contributed by atoms with Gasteiger partial charge in [0.15, 0.2) is 6.61 Å². The number of benzene rings is 2. The van der Waals surface area contributed by atoms with E-state index in [0.29, 0.717) is 23.9 Å². The highest BCUT2D eigenvalue weighted by Gasteiger charge is 2.26. The van der Waals surface area contributed by atoms with Crippen molar-refractivity contribution >= 4 is 23.4 Å². The van der Waals surface area contributed by atoms with Crippen LogP contribution in [0, 0.1) is 6.92 Å². The van der Waals surface area contributed by atoms with Crippen molar-refractivity contribution in [3.8, 4) is 5.75 Å². The Morgan fingerprint density at radius 2 is 1.93 bits per heavy atom. The molecule has 29 heavy (non-hydrogen) atoms. The molecule has 0 heterocycles. The summed E-state index contributed by atoms with van der Waals surface area (Å²) in [5.74, 6) is 0.0938. The topological polar surface area (TPSA) is 58.6 Å². The normalized spacial score (nSPS) is 11.6. The van der Waals surface area contributed by atoms with Crippen molar-refractivity contribution in [3.63, 3.8) is 0 Å². The molecule has 1 atom stereocenters. The van der Waals surface area contributed by atoms with Crippen molar-refractivity contribution in [2.24, 2.45) is 0 Å². The maximum absolute atomic E-state index is 13.0. The van der Waals surface area contributed by atoms with E-state index in [0.717, 1.165) is 24.0 Å².